The number of carbonyl (C=O) groups is 4. The van der Waals surface area contributed by atoms with E-state index in [2.05, 4.69) is 55.4 Å². The molecule has 0 saturated carbocycles. The summed E-state index contributed by atoms with van der Waals surface area (Å²) in [5.74, 6) is 0.865. The number of carbonyl (C=O) groups excluding carboxylic acids is 4. The zero-order valence-corrected chi connectivity index (χ0v) is 62.0. The van der Waals surface area contributed by atoms with E-state index in [1.54, 1.807) is 0 Å². The summed E-state index contributed by atoms with van der Waals surface area (Å²) >= 11 is 0. The fraction of sp³-hybridized carbons (Fsp3) is 0.945. The molecule has 0 heterocycles. The number of phosphoric acid groups is 2. The molecule has 0 aliphatic heterocycles. The topological polar surface area (TPSA) is 237 Å². The van der Waals surface area contributed by atoms with Gasteiger partial charge < -0.3 is 33.8 Å². The van der Waals surface area contributed by atoms with Crippen LogP contribution in [-0.2, 0) is 65.4 Å². The molecule has 0 aromatic heterocycles. The molecule has 0 spiro atoms. The molecule has 0 saturated heterocycles. The van der Waals surface area contributed by atoms with Crippen LogP contribution in [0.3, 0.4) is 0 Å². The fourth-order valence-corrected chi connectivity index (χ4v) is 12.5. The lowest BCUT2D eigenvalue weighted by Crippen LogP contribution is -2.30. The standard InChI is InChI=1S/C73H142O17P2/c1-9-65(7)51-43-35-26-21-19-17-15-13-11-12-14-16-18-20-22-28-39-47-55-72(77)89-68(60-84-71(76)54-46-38-32-30-36-44-52-66(8)10-2)61-87-91(79,80)85-57-67(74)58-86-92(81,82)88-62-69(90-73(78)56-48-40-31-29-34-42-50-64(5)6)59-83-70(75)53-45-37-27-24-23-25-33-41-49-63(3)4/h63-69,74H,9-62H2,1-8H3,(H,79,80)(H,81,82)/t65?,66?,67?,68-,69-/m1/s1. The van der Waals surface area contributed by atoms with Crippen molar-refractivity contribution in [1.29, 1.82) is 0 Å². The van der Waals surface area contributed by atoms with Crippen LogP contribution in [0.25, 0.3) is 0 Å². The van der Waals surface area contributed by atoms with Crippen molar-refractivity contribution in [2.75, 3.05) is 39.6 Å². The molecule has 0 amide bonds. The van der Waals surface area contributed by atoms with Gasteiger partial charge in [0.1, 0.15) is 19.3 Å². The minimum atomic E-state index is -4.95. The van der Waals surface area contributed by atoms with Gasteiger partial charge in [0.25, 0.3) is 0 Å². The van der Waals surface area contributed by atoms with Crippen LogP contribution in [0.5, 0.6) is 0 Å². The molecule has 0 aliphatic carbocycles. The molecule has 0 aliphatic rings. The summed E-state index contributed by atoms with van der Waals surface area (Å²) in [6, 6.07) is 0. The van der Waals surface area contributed by atoms with Gasteiger partial charge in [0.2, 0.25) is 0 Å². The van der Waals surface area contributed by atoms with Crippen molar-refractivity contribution in [2.24, 2.45) is 23.7 Å². The van der Waals surface area contributed by atoms with Crippen molar-refractivity contribution in [3.05, 3.63) is 0 Å². The van der Waals surface area contributed by atoms with E-state index in [1.165, 1.54) is 161 Å². The molecule has 92 heavy (non-hydrogen) atoms. The molecule has 19 heteroatoms. The highest BCUT2D eigenvalue weighted by Gasteiger charge is 2.30. The SMILES string of the molecule is CCC(C)CCCCCCCCCCCCCCCCCCCCC(=O)O[C@H](COC(=O)CCCCCCCCC(C)CC)COP(=O)(O)OCC(O)COP(=O)(O)OC[C@@H](COC(=O)CCCCCCCCCCC(C)C)OC(=O)CCCCCCCCC(C)C. The highest BCUT2D eigenvalue weighted by atomic mass is 31.2. The van der Waals surface area contributed by atoms with Crippen LogP contribution >= 0.6 is 15.6 Å². The van der Waals surface area contributed by atoms with Gasteiger partial charge in [-0.1, -0.05) is 312 Å². The third-order valence-electron chi connectivity index (χ3n) is 17.5. The first-order valence-corrected chi connectivity index (χ1v) is 40.8. The molecule has 0 aromatic carbocycles. The van der Waals surface area contributed by atoms with Crippen molar-refractivity contribution >= 4 is 39.5 Å². The number of phosphoric ester groups is 2. The Labute approximate surface area is 562 Å². The highest BCUT2D eigenvalue weighted by molar-refractivity contribution is 7.47. The van der Waals surface area contributed by atoms with Gasteiger partial charge in [-0.05, 0) is 49.4 Å². The van der Waals surface area contributed by atoms with E-state index >= 15 is 0 Å². The first-order valence-electron chi connectivity index (χ1n) is 37.8. The van der Waals surface area contributed by atoms with Crippen LogP contribution in [-0.4, -0.2) is 96.7 Å². The summed E-state index contributed by atoms with van der Waals surface area (Å²) in [5, 5.41) is 10.6. The Bertz CT molecular complexity index is 1820. The smallest absolute Gasteiger partial charge is 0.462 e. The number of ether oxygens (including phenoxy) is 4. The molecule has 0 rings (SSSR count). The summed E-state index contributed by atoms with van der Waals surface area (Å²) < 4.78 is 68.3. The zero-order chi connectivity index (χ0) is 68.2. The molecule has 0 aromatic rings. The molecule has 0 fully saturated rings. The summed E-state index contributed by atoms with van der Waals surface area (Å²) in [4.78, 5) is 72.5. The van der Waals surface area contributed by atoms with Crippen LogP contribution in [0.15, 0.2) is 0 Å². The maximum atomic E-state index is 13.0. The molecule has 17 nitrogen and oxygen atoms in total. The average Bonchev–Trinajstić information content (AvgIpc) is 1.35. The summed E-state index contributed by atoms with van der Waals surface area (Å²) in [7, 11) is -9.90. The summed E-state index contributed by atoms with van der Waals surface area (Å²) in [6.07, 6.45) is 46.2. The summed E-state index contributed by atoms with van der Waals surface area (Å²) in [6.45, 7) is 14.1. The van der Waals surface area contributed by atoms with Crippen LogP contribution in [0.2, 0.25) is 0 Å². The molecule has 5 unspecified atom stereocenters. The monoisotopic (exact) mass is 1350 g/mol. The Balaban J connectivity index is 5.14. The van der Waals surface area contributed by atoms with Crippen LogP contribution < -0.4 is 0 Å². The average molecular weight is 1350 g/mol. The summed E-state index contributed by atoms with van der Waals surface area (Å²) in [5.41, 5.74) is 0. The van der Waals surface area contributed by atoms with Gasteiger partial charge >= 0.3 is 39.5 Å². The van der Waals surface area contributed by atoms with Gasteiger partial charge in [-0.2, -0.15) is 0 Å². The fourth-order valence-electron chi connectivity index (χ4n) is 11.0. The molecule has 0 radical (unpaired) electrons. The zero-order valence-electron chi connectivity index (χ0n) is 60.2. The molecule has 546 valence electrons. The maximum absolute atomic E-state index is 13.0. The number of aliphatic hydroxyl groups is 1. The third kappa shape index (κ3) is 64.1. The van der Waals surface area contributed by atoms with Crippen molar-refractivity contribution in [2.45, 2.75) is 382 Å². The van der Waals surface area contributed by atoms with Crippen molar-refractivity contribution in [1.82, 2.24) is 0 Å². The molecular weight excluding hydrogens is 1210 g/mol. The predicted molar refractivity (Wildman–Crippen MR) is 372 cm³/mol. The van der Waals surface area contributed by atoms with Gasteiger partial charge in [0.15, 0.2) is 12.2 Å². The lowest BCUT2D eigenvalue weighted by atomic mass is 9.99. The third-order valence-corrected chi connectivity index (χ3v) is 19.4. The van der Waals surface area contributed by atoms with E-state index in [0.717, 1.165) is 114 Å². The number of aliphatic hydroxyl groups excluding tert-OH is 1. The number of unbranched alkanes of at least 4 members (excludes halogenated alkanes) is 34. The second-order valence-electron chi connectivity index (χ2n) is 27.8. The second-order valence-corrected chi connectivity index (χ2v) is 30.7. The first kappa shape index (κ1) is 90.1. The van der Waals surface area contributed by atoms with E-state index < -0.39 is 97.5 Å². The molecular formula is C73H142O17P2. The Kier molecular flexibility index (Phi) is 61.3. The minimum Gasteiger partial charge on any atom is -0.462 e. The number of hydrogen-bond donors (Lipinski definition) is 3. The van der Waals surface area contributed by atoms with Gasteiger partial charge in [-0.15, -0.1) is 0 Å². The van der Waals surface area contributed by atoms with Crippen molar-refractivity contribution in [3.63, 3.8) is 0 Å². The van der Waals surface area contributed by atoms with E-state index in [9.17, 15) is 43.2 Å². The number of hydrogen-bond acceptors (Lipinski definition) is 15. The Morgan fingerprint density at radius 2 is 0.522 bits per heavy atom. The van der Waals surface area contributed by atoms with E-state index in [4.69, 9.17) is 37.0 Å². The second kappa shape index (κ2) is 62.6. The Morgan fingerprint density at radius 3 is 0.772 bits per heavy atom. The van der Waals surface area contributed by atoms with E-state index in [0.29, 0.717) is 31.6 Å². The van der Waals surface area contributed by atoms with Crippen molar-refractivity contribution < 1.29 is 80.2 Å². The van der Waals surface area contributed by atoms with Crippen LogP contribution in [0, 0.1) is 23.7 Å². The quantitative estimate of drug-likeness (QED) is 0.0222. The van der Waals surface area contributed by atoms with Gasteiger partial charge in [-0.25, -0.2) is 9.13 Å². The van der Waals surface area contributed by atoms with Gasteiger partial charge in [-0.3, -0.25) is 37.3 Å². The minimum absolute atomic E-state index is 0.101. The Morgan fingerprint density at radius 1 is 0.304 bits per heavy atom. The normalized spacial score (nSPS) is 14.8. The van der Waals surface area contributed by atoms with Crippen LogP contribution in [0.4, 0.5) is 0 Å². The lowest BCUT2D eigenvalue weighted by Gasteiger charge is -2.21. The number of esters is 4. The lowest BCUT2D eigenvalue weighted by molar-refractivity contribution is -0.161. The predicted octanol–water partition coefficient (Wildman–Crippen LogP) is 20.9. The van der Waals surface area contributed by atoms with Crippen LogP contribution in [0.1, 0.15) is 364 Å². The van der Waals surface area contributed by atoms with Gasteiger partial charge in [0, 0.05) is 25.7 Å². The first-order chi connectivity index (χ1) is 44.2. The molecule has 3 N–H and O–H groups in total. The molecule has 7 atom stereocenters. The number of rotatable bonds is 70. The maximum Gasteiger partial charge on any atom is 0.472 e. The largest absolute Gasteiger partial charge is 0.472 e. The van der Waals surface area contributed by atoms with Gasteiger partial charge in [0.05, 0.1) is 26.4 Å². The van der Waals surface area contributed by atoms with Crippen molar-refractivity contribution in [3.8, 4) is 0 Å². The van der Waals surface area contributed by atoms with E-state index in [1.807, 2.05) is 0 Å². The molecule has 0 bridgehead atoms. The van der Waals surface area contributed by atoms with E-state index in [-0.39, 0.29) is 25.7 Å². The Hall–Kier alpha value is -1.94. The highest BCUT2D eigenvalue weighted by Crippen LogP contribution is 2.45.